The molecular weight excluding hydrogens is 404 g/mol. The Morgan fingerprint density at radius 3 is 2.62 bits per heavy atom. The second-order valence-corrected chi connectivity index (χ2v) is 8.06. The van der Waals surface area contributed by atoms with Gasteiger partial charge in [-0.1, -0.05) is 35.5 Å². The molecule has 8 nitrogen and oxygen atoms in total. The predicted octanol–water partition coefficient (Wildman–Crippen LogP) is 4.29. The summed E-state index contributed by atoms with van der Waals surface area (Å²) in [4.78, 5) is 8.94. The van der Waals surface area contributed by atoms with Crippen LogP contribution in [-0.2, 0) is 11.3 Å². The maximum absolute atomic E-state index is 5.53. The van der Waals surface area contributed by atoms with Crippen molar-refractivity contribution in [2.24, 2.45) is 0 Å². The van der Waals surface area contributed by atoms with E-state index >= 15 is 0 Å². The van der Waals surface area contributed by atoms with E-state index in [0.717, 1.165) is 48.7 Å². The molecular formula is C24H26N6O2. The number of ether oxygens (including phenoxy) is 1. The Kier molecular flexibility index (Phi) is 5.68. The van der Waals surface area contributed by atoms with Crippen molar-refractivity contribution >= 4 is 5.82 Å². The largest absolute Gasteiger partial charge is 0.381 e. The molecule has 1 aliphatic heterocycles. The zero-order valence-corrected chi connectivity index (χ0v) is 18.3. The Balaban J connectivity index is 1.31. The van der Waals surface area contributed by atoms with Gasteiger partial charge in [0, 0.05) is 37.7 Å². The Morgan fingerprint density at radius 1 is 1.09 bits per heavy atom. The summed E-state index contributed by atoms with van der Waals surface area (Å²) >= 11 is 0. The number of nitrogens with one attached hydrogen (secondary N) is 1. The van der Waals surface area contributed by atoms with Gasteiger partial charge in [0.1, 0.15) is 5.82 Å². The maximum atomic E-state index is 5.53. The first-order chi connectivity index (χ1) is 15.7. The van der Waals surface area contributed by atoms with Crippen molar-refractivity contribution in [1.29, 1.82) is 0 Å². The molecule has 32 heavy (non-hydrogen) atoms. The third kappa shape index (κ3) is 4.27. The molecule has 1 aromatic carbocycles. The van der Waals surface area contributed by atoms with E-state index in [1.807, 2.05) is 43.0 Å². The molecule has 8 heteroatoms. The summed E-state index contributed by atoms with van der Waals surface area (Å²) in [5, 5.41) is 11.9. The molecule has 5 rings (SSSR count). The summed E-state index contributed by atoms with van der Waals surface area (Å²) in [6.07, 6.45) is 3.99. The van der Waals surface area contributed by atoms with Crippen LogP contribution in [0, 0.1) is 6.92 Å². The highest BCUT2D eigenvalue weighted by Gasteiger charge is 2.18. The fourth-order valence-electron chi connectivity index (χ4n) is 3.99. The van der Waals surface area contributed by atoms with Crippen molar-refractivity contribution in [3.8, 4) is 23.0 Å². The molecule has 0 saturated carbocycles. The van der Waals surface area contributed by atoms with Crippen LogP contribution < -0.4 is 5.32 Å². The van der Waals surface area contributed by atoms with Gasteiger partial charge in [-0.25, -0.2) is 4.98 Å². The van der Waals surface area contributed by atoms with Crippen LogP contribution in [0.4, 0.5) is 5.82 Å². The van der Waals surface area contributed by atoms with E-state index < -0.39 is 0 Å². The van der Waals surface area contributed by atoms with Gasteiger partial charge in [-0.15, -0.1) is 0 Å². The SMILES string of the molecule is CNc1ccc(Cn2nc(-c3nc(-c4ccc(C5CCOCC5)cc4)no3)cc2C)cn1. The number of hydrogen-bond acceptors (Lipinski definition) is 7. The number of rotatable bonds is 6. The number of aryl methyl sites for hydroxylation is 1. The van der Waals surface area contributed by atoms with Crippen molar-refractivity contribution < 1.29 is 9.26 Å². The monoisotopic (exact) mass is 430 g/mol. The number of hydrogen-bond donors (Lipinski definition) is 1. The second-order valence-electron chi connectivity index (χ2n) is 8.06. The van der Waals surface area contributed by atoms with E-state index in [1.165, 1.54) is 5.56 Å². The first kappa shape index (κ1) is 20.4. The van der Waals surface area contributed by atoms with E-state index in [9.17, 15) is 0 Å². The van der Waals surface area contributed by atoms with Crippen molar-refractivity contribution in [2.45, 2.75) is 32.2 Å². The fourth-order valence-corrected chi connectivity index (χ4v) is 3.99. The average Bonchev–Trinajstić information content (AvgIpc) is 3.48. The van der Waals surface area contributed by atoms with Gasteiger partial charge in [-0.3, -0.25) is 4.68 Å². The maximum Gasteiger partial charge on any atom is 0.278 e. The zero-order valence-electron chi connectivity index (χ0n) is 18.3. The van der Waals surface area contributed by atoms with Crippen molar-refractivity contribution in [3.05, 3.63) is 65.5 Å². The summed E-state index contributed by atoms with van der Waals surface area (Å²) in [7, 11) is 1.85. The highest BCUT2D eigenvalue weighted by molar-refractivity contribution is 5.58. The van der Waals surface area contributed by atoms with Gasteiger partial charge in [-0.2, -0.15) is 10.1 Å². The minimum atomic E-state index is 0.416. The number of aromatic nitrogens is 5. The van der Waals surface area contributed by atoms with Crippen LogP contribution >= 0.6 is 0 Å². The lowest BCUT2D eigenvalue weighted by Crippen LogP contribution is -2.13. The van der Waals surface area contributed by atoms with Crippen molar-refractivity contribution in [3.63, 3.8) is 0 Å². The molecule has 0 amide bonds. The highest BCUT2D eigenvalue weighted by Crippen LogP contribution is 2.29. The summed E-state index contributed by atoms with van der Waals surface area (Å²) in [5.74, 6) is 2.39. The summed E-state index contributed by atoms with van der Waals surface area (Å²) in [6.45, 7) is 4.31. The van der Waals surface area contributed by atoms with Gasteiger partial charge >= 0.3 is 0 Å². The van der Waals surface area contributed by atoms with Crippen molar-refractivity contribution in [2.75, 3.05) is 25.6 Å². The number of pyridine rings is 1. The normalized spacial score (nSPS) is 14.6. The van der Waals surface area contributed by atoms with Crippen molar-refractivity contribution in [1.82, 2.24) is 24.9 Å². The first-order valence-electron chi connectivity index (χ1n) is 10.9. The van der Waals surface area contributed by atoms with E-state index in [1.54, 1.807) is 0 Å². The predicted molar refractivity (Wildman–Crippen MR) is 121 cm³/mol. The lowest BCUT2D eigenvalue weighted by Gasteiger charge is -2.22. The van der Waals surface area contributed by atoms with E-state index in [-0.39, 0.29) is 0 Å². The minimum absolute atomic E-state index is 0.416. The van der Waals surface area contributed by atoms with Crippen LogP contribution in [0.5, 0.6) is 0 Å². The molecule has 0 aliphatic carbocycles. The number of anilines is 1. The molecule has 0 atom stereocenters. The standard InChI is InChI=1S/C24H26N6O2/c1-16-13-21(28-30(16)15-17-3-8-22(25-2)26-14-17)24-27-23(29-32-24)20-6-4-18(5-7-20)19-9-11-31-12-10-19/h3-8,13-14,19H,9-12,15H2,1-2H3,(H,25,26). The zero-order chi connectivity index (χ0) is 21.9. The fraction of sp³-hybridized carbons (Fsp3) is 0.333. The van der Waals surface area contributed by atoms with Gasteiger partial charge < -0.3 is 14.6 Å². The Labute approximate surface area is 186 Å². The summed E-state index contributed by atoms with van der Waals surface area (Å²) < 4.78 is 12.9. The van der Waals surface area contributed by atoms with Crippen LogP contribution in [-0.4, -0.2) is 45.2 Å². The second kappa shape index (κ2) is 8.92. The summed E-state index contributed by atoms with van der Waals surface area (Å²) in [5.41, 5.74) is 5.02. The molecule has 1 N–H and O–H groups in total. The number of benzene rings is 1. The molecule has 0 radical (unpaired) electrons. The van der Waals surface area contributed by atoms with Crippen LogP contribution in [0.2, 0.25) is 0 Å². The first-order valence-corrected chi connectivity index (χ1v) is 10.9. The van der Waals surface area contributed by atoms with E-state index in [0.29, 0.717) is 29.9 Å². The summed E-state index contributed by atoms with van der Waals surface area (Å²) in [6, 6.07) is 14.4. The smallest absolute Gasteiger partial charge is 0.278 e. The molecule has 0 spiro atoms. The lowest BCUT2D eigenvalue weighted by atomic mass is 9.91. The molecule has 1 saturated heterocycles. The van der Waals surface area contributed by atoms with Gasteiger partial charge in [0.05, 0.1) is 6.54 Å². The third-order valence-corrected chi connectivity index (χ3v) is 5.90. The topological polar surface area (TPSA) is 90.9 Å². The van der Waals surface area contributed by atoms with Gasteiger partial charge in [-0.05, 0) is 48.9 Å². The lowest BCUT2D eigenvalue weighted by molar-refractivity contribution is 0.0853. The molecule has 1 aliphatic rings. The third-order valence-electron chi connectivity index (χ3n) is 5.90. The molecule has 3 aromatic heterocycles. The quantitative estimate of drug-likeness (QED) is 0.488. The Bertz CT molecular complexity index is 1170. The number of nitrogens with zero attached hydrogens (tertiary/aromatic N) is 5. The average molecular weight is 431 g/mol. The molecule has 164 valence electrons. The Morgan fingerprint density at radius 2 is 1.91 bits per heavy atom. The van der Waals surface area contributed by atoms with Gasteiger partial charge in [0.25, 0.3) is 5.89 Å². The molecule has 0 unspecified atom stereocenters. The van der Waals surface area contributed by atoms with E-state index in [2.05, 4.69) is 49.8 Å². The molecule has 4 aromatic rings. The van der Waals surface area contributed by atoms with E-state index in [4.69, 9.17) is 9.26 Å². The van der Waals surface area contributed by atoms with Crippen LogP contribution in [0.1, 0.15) is 35.6 Å². The van der Waals surface area contributed by atoms with Gasteiger partial charge in [0.15, 0.2) is 5.69 Å². The minimum Gasteiger partial charge on any atom is -0.381 e. The van der Waals surface area contributed by atoms with Crippen LogP contribution in [0.15, 0.2) is 53.2 Å². The molecule has 1 fully saturated rings. The molecule has 0 bridgehead atoms. The van der Waals surface area contributed by atoms with Crippen LogP contribution in [0.3, 0.4) is 0 Å². The van der Waals surface area contributed by atoms with Crippen LogP contribution in [0.25, 0.3) is 23.0 Å². The van der Waals surface area contributed by atoms with Gasteiger partial charge in [0.2, 0.25) is 5.82 Å². The highest BCUT2D eigenvalue weighted by atomic mass is 16.5. The molecule has 4 heterocycles. The Hall–Kier alpha value is -3.52.